The second-order valence-electron chi connectivity index (χ2n) is 8.23. The van der Waals surface area contributed by atoms with Crippen molar-refractivity contribution in [3.8, 4) is 0 Å². The van der Waals surface area contributed by atoms with Crippen LogP contribution in [0.5, 0.6) is 0 Å². The van der Waals surface area contributed by atoms with Gasteiger partial charge < -0.3 is 0 Å². The second kappa shape index (κ2) is 4.14. The number of aryl methyl sites for hydroxylation is 1. The van der Waals surface area contributed by atoms with Crippen molar-refractivity contribution in [1.29, 1.82) is 0 Å². The average molecular weight is 254 g/mol. The maximum absolute atomic E-state index is 2.46. The summed E-state index contributed by atoms with van der Waals surface area (Å²) in [5, 5.41) is 0. The van der Waals surface area contributed by atoms with E-state index >= 15 is 0 Å². The Bertz CT molecular complexity index is 478. The fourth-order valence-corrected chi connectivity index (χ4v) is 4.07. The molecule has 0 N–H and O–H groups in total. The van der Waals surface area contributed by atoms with Crippen molar-refractivity contribution in [3.63, 3.8) is 0 Å². The molecule has 2 fully saturated rings. The van der Waals surface area contributed by atoms with Gasteiger partial charge in [-0.1, -0.05) is 75.1 Å². The summed E-state index contributed by atoms with van der Waals surface area (Å²) >= 11 is 0. The molecule has 1 aromatic rings. The Morgan fingerprint density at radius 2 is 1.58 bits per heavy atom. The molecular weight excluding hydrogens is 227 g/mol. The van der Waals surface area contributed by atoms with E-state index in [4.69, 9.17) is 0 Å². The van der Waals surface area contributed by atoms with E-state index < -0.39 is 0 Å². The number of benzene rings is 1. The van der Waals surface area contributed by atoms with E-state index in [2.05, 4.69) is 52.8 Å². The summed E-state index contributed by atoms with van der Waals surface area (Å²) in [5.41, 5.74) is 5.84. The Kier molecular flexibility index (Phi) is 2.89. The molecule has 0 radical (unpaired) electrons. The summed E-state index contributed by atoms with van der Waals surface area (Å²) in [6.07, 6.45) is 5.53. The summed E-state index contributed by atoms with van der Waals surface area (Å²) in [7, 11) is 0. The molecule has 0 nitrogen and oxygen atoms in total. The van der Waals surface area contributed by atoms with Gasteiger partial charge in [0.25, 0.3) is 0 Å². The van der Waals surface area contributed by atoms with Gasteiger partial charge in [0.15, 0.2) is 6.71 Å². The first kappa shape index (κ1) is 13.3. The molecule has 0 bridgehead atoms. The Morgan fingerprint density at radius 3 is 2.11 bits per heavy atom. The van der Waals surface area contributed by atoms with Gasteiger partial charge in [-0.15, -0.1) is 0 Å². The molecule has 1 saturated heterocycles. The van der Waals surface area contributed by atoms with Crippen LogP contribution in [0.3, 0.4) is 0 Å². The molecule has 0 atom stereocenters. The molecule has 0 spiro atoms. The normalized spacial score (nSPS) is 24.8. The van der Waals surface area contributed by atoms with Gasteiger partial charge in [-0.2, -0.15) is 0 Å². The molecule has 1 saturated carbocycles. The van der Waals surface area contributed by atoms with Crippen LogP contribution < -0.4 is 5.46 Å². The highest BCUT2D eigenvalue weighted by molar-refractivity contribution is 6.75. The zero-order valence-electron chi connectivity index (χ0n) is 13.2. The molecule has 0 aromatic heterocycles. The van der Waals surface area contributed by atoms with Crippen molar-refractivity contribution in [3.05, 3.63) is 29.3 Å². The van der Waals surface area contributed by atoms with Gasteiger partial charge in [-0.05, 0) is 36.5 Å². The summed E-state index contributed by atoms with van der Waals surface area (Å²) in [6, 6.07) is 6.98. The van der Waals surface area contributed by atoms with Crippen molar-refractivity contribution in [1.82, 2.24) is 0 Å². The van der Waals surface area contributed by atoms with E-state index in [1.54, 1.807) is 11.0 Å². The van der Waals surface area contributed by atoms with Gasteiger partial charge in [-0.3, -0.25) is 0 Å². The smallest absolute Gasteiger partial charge is 0.0737 e. The Labute approximate surface area is 119 Å². The monoisotopic (exact) mass is 254 g/mol. The van der Waals surface area contributed by atoms with Crippen molar-refractivity contribution in [2.24, 2.45) is 10.8 Å². The predicted molar refractivity (Wildman–Crippen MR) is 85.7 cm³/mol. The van der Waals surface area contributed by atoms with E-state index in [9.17, 15) is 0 Å². The van der Waals surface area contributed by atoms with Crippen LogP contribution in [0.15, 0.2) is 18.2 Å². The number of hydrogen-bond acceptors (Lipinski definition) is 0. The van der Waals surface area contributed by atoms with Crippen LogP contribution >= 0.6 is 0 Å². The van der Waals surface area contributed by atoms with Crippen molar-refractivity contribution >= 4 is 12.2 Å². The fraction of sp³-hybridized carbons (Fsp3) is 0.667. The van der Waals surface area contributed by atoms with Crippen LogP contribution in [0.2, 0.25) is 12.6 Å². The van der Waals surface area contributed by atoms with Crippen molar-refractivity contribution < 1.29 is 0 Å². The van der Waals surface area contributed by atoms with Crippen LogP contribution in [-0.4, -0.2) is 6.71 Å². The zero-order valence-corrected chi connectivity index (χ0v) is 13.2. The summed E-state index contributed by atoms with van der Waals surface area (Å²) in [6.45, 7) is 12.9. The lowest BCUT2D eigenvalue weighted by Gasteiger charge is -2.35. The highest BCUT2D eigenvalue weighted by Crippen LogP contribution is 2.53. The molecule has 0 amide bonds. The SMILES string of the molecule is Cc1cccc(C2CC2)c1B1CC(C)(C)C(C)(C)C1. The van der Waals surface area contributed by atoms with Gasteiger partial charge >= 0.3 is 0 Å². The lowest BCUT2D eigenvalue weighted by molar-refractivity contribution is 0.177. The zero-order chi connectivity index (χ0) is 13.8. The fourth-order valence-electron chi connectivity index (χ4n) is 4.07. The molecular formula is C18H27B. The Balaban J connectivity index is 2.00. The van der Waals surface area contributed by atoms with Crippen LogP contribution in [-0.2, 0) is 0 Å². The molecule has 1 heteroatoms. The second-order valence-corrected chi connectivity index (χ2v) is 8.23. The van der Waals surface area contributed by atoms with Crippen LogP contribution in [0.25, 0.3) is 0 Å². The first-order chi connectivity index (χ1) is 8.82. The quantitative estimate of drug-likeness (QED) is 0.674. The van der Waals surface area contributed by atoms with E-state index in [1.807, 2.05) is 0 Å². The van der Waals surface area contributed by atoms with Crippen LogP contribution in [0.1, 0.15) is 57.6 Å². The molecule has 2 aliphatic rings. The summed E-state index contributed by atoms with van der Waals surface area (Å²) < 4.78 is 0. The highest BCUT2D eigenvalue weighted by atomic mass is 14.4. The summed E-state index contributed by atoms with van der Waals surface area (Å²) in [4.78, 5) is 0. The molecule has 1 aliphatic carbocycles. The number of hydrogen-bond donors (Lipinski definition) is 0. The lowest BCUT2D eigenvalue weighted by atomic mass is 9.40. The Morgan fingerprint density at radius 1 is 1.00 bits per heavy atom. The highest BCUT2D eigenvalue weighted by Gasteiger charge is 2.49. The minimum absolute atomic E-state index is 0.459. The predicted octanol–water partition coefficient (Wildman–Crippen LogP) is 4.64. The standard InChI is InChI=1S/C18H27B/c1-13-7-6-8-15(14-9-10-14)16(13)19-11-17(2,3)18(4,5)12-19/h6-8,14H,9-12H2,1-5H3. The third-order valence-electron chi connectivity index (χ3n) is 6.13. The van der Waals surface area contributed by atoms with E-state index in [0.717, 1.165) is 12.6 Å². The van der Waals surface area contributed by atoms with E-state index in [0.29, 0.717) is 10.8 Å². The largest absolute Gasteiger partial charge is 0.177 e. The Hall–Kier alpha value is -0.715. The molecule has 19 heavy (non-hydrogen) atoms. The van der Waals surface area contributed by atoms with Crippen LogP contribution in [0.4, 0.5) is 0 Å². The molecule has 102 valence electrons. The van der Waals surface area contributed by atoms with Crippen molar-refractivity contribution in [2.75, 3.05) is 0 Å². The average Bonchev–Trinajstić information content (AvgIpc) is 3.07. The minimum Gasteiger partial charge on any atom is -0.0737 e. The van der Waals surface area contributed by atoms with E-state index in [1.165, 1.54) is 31.0 Å². The summed E-state index contributed by atoms with van der Waals surface area (Å²) in [5.74, 6) is 0.877. The first-order valence-corrected chi connectivity index (χ1v) is 7.91. The molecule has 1 heterocycles. The minimum atomic E-state index is 0.459. The first-order valence-electron chi connectivity index (χ1n) is 7.91. The molecule has 0 unspecified atom stereocenters. The molecule has 3 rings (SSSR count). The van der Waals surface area contributed by atoms with Gasteiger partial charge in [0.1, 0.15) is 0 Å². The topological polar surface area (TPSA) is 0 Å². The van der Waals surface area contributed by atoms with E-state index in [-0.39, 0.29) is 0 Å². The third kappa shape index (κ3) is 2.16. The van der Waals surface area contributed by atoms with Gasteiger partial charge in [-0.25, -0.2) is 0 Å². The molecule has 1 aliphatic heterocycles. The number of rotatable bonds is 2. The van der Waals surface area contributed by atoms with Gasteiger partial charge in [0.2, 0.25) is 0 Å². The molecule has 1 aromatic carbocycles. The maximum Gasteiger partial charge on any atom is 0.177 e. The van der Waals surface area contributed by atoms with Gasteiger partial charge in [0, 0.05) is 0 Å². The maximum atomic E-state index is 2.46. The van der Waals surface area contributed by atoms with Gasteiger partial charge in [0.05, 0.1) is 0 Å². The van der Waals surface area contributed by atoms with Crippen LogP contribution in [0, 0.1) is 17.8 Å². The third-order valence-corrected chi connectivity index (χ3v) is 6.13. The lowest BCUT2D eigenvalue weighted by Crippen LogP contribution is -2.33. The van der Waals surface area contributed by atoms with Crippen molar-refractivity contribution in [2.45, 2.75) is 66.0 Å².